The van der Waals surface area contributed by atoms with E-state index in [9.17, 15) is 53.1 Å². The zero-order valence-electron chi connectivity index (χ0n) is 43.3. The molecule has 78 heavy (non-hydrogen) atoms. The number of fused-ring (bicyclic) bond motifs is 5. The van der Waals surface area contributed by atoms with E-state index in [1.54, 1.807) is 50.2 Å². The summed E-state index contributed by atoms with van der Waals surface area (Å²) in [6.45, 7) is 1.60. The van der Waals surface area contributed by atoms with E-state index in [4.69, 9.17) is 14.5 Å². The van der Waals surface area contributed by atoms with Crippen molar-refractivity contribution in [2.75, 3.05) is 32.9 Å². The lowest BCUT2D eigenvalue weighted by Gasteiger charge is -2.31. The molecule has 1 saturated carbocycles. The van der Waals surface area contributed by atoms with Gasteiger partial charge in [0.25, 0.3) is 17.4 Å². The maximum Gasteiger partial charge on any atom is 0.343 e. The molecule has 4 atom stereocenters. The number of ether oxygens (including phenoxy) is 2. The summed E-state index contributed by atoms with van der Waals surface area (Å²) in [7, 11) is 0. The molecule has 410 valence electrons. The molecular formula is C56H61FN8O13. The first-order chi connectivity index (χ1) is 37.4. The minimum Gasteiger partial charge on any atom is -0.458 e. The largest absolute Gasteiger partial charge is 0.458 e. The van der Waals surface area contributed by atoms with Crippen LogP contribution in [0.2, 0.25) is 0 Å². The quantitative estimate of drug-likeness (QED) is 0.0223. The van der Waals surface area contributed by atoms with Gasteiger partial charge in [-0.2, -0.15) is 0 Å². The number of ketones is 1. The lowest BCUT2D eigenvalue weighted by atomic mass is 9.76. The van der Waals surface area contributed by atoms with Gasteiger partial charge in [0, 0.05) is 60.5 Å². The van der Waals surface area contributed by atoms with Crippen molar-refractivity contribution >= 4 is 64.0 Å². The summed E-state index contributed by atoms with van der Waals surface area (Å²) < 4.78 is 28.4. The van der Waals surface area contributed by atoms with Gasteiger partial charge in [0.15, 0.2) is 11.4 Å². The van der Waals surface area contributed by atoms with E-state index >= 15 is 4.39 Å². The number of rotatable bonds is 24. The van der Waals surface area contributed by atoms with Crippen LogP contribution in [-0.2, 0) is 84.2 Å². The SMILES string of the molecule is CC[C@@]1(O)C(=O)OCc2c1cc1n(c2=O)Cc2c-1nc1cc(F)c(C)c3c1c2[C@@H](CC(=O)C(OCNC(=O)CNC(=O)[C@H](Cc1ccccc1)NC(=O)CNC(=O)CNC(=O)CCCCCN1C(=O)C=CC1=O)C1CC1)CC3. The number of benzene rings is 2. The summed E-state index contributed by atoms with van der Waals surface area (Å²) >= 11 is 0. The monoisotopic (exact) mass is 1070 g/mol. The lowest BCUT2D eigenvalue weighted by Crippen LogP contribution is -2.52. The zero-order valence-corrected chi connectivity index (χ0v) is 43.3. The van der Waals surface area contributed by atoms with Gasteiger partial charge >= 0.3 is 5.97 Å². The van der Waals surface area contributed by atoms with E-state index in [-0.39, 0.29) is 92.7 Å². The number of aliphatic hydroxyl groups is 1. The predicted molar refractivity (Wildman–Crippen MR) is 276 cm³/mol. The topological polar surface area (TPSA) is 291 Å². The number of hydrogen-bond acceptors (Lipinski definition) is 14. The van der Waals surface area contributed by atoms with Crippen LogP contribution in [0, 0.1) is 18.7 Å². The Balaban J connectivity index is 0.777. The number of esters is 1. The molecule has 2 aromatic carbocycles. The Labute approximate surface area is 447 Å². The maximum atomic E-state index is 15.5. The number of Topliss-reactive ketones (excluding diaryl/α,β-unsaturated/α-hetero) is 1. The van der Waals surface area contributed by atoms with Crippen LogP contribution in [0.25, 0.3) is 22.3 Å². The molecule has 0 spiro atoms. The van der Waals surface area contributed by atoms with Crippen LogP contribution in [-0.4, -0.2) is 118 Å². The highest BCUT2D eigenvalue weighted by atomic mass is 19.1. The van der Waals surface area contributed by atoms with Gasteiger partial charge in [-0.3, -0.25) is 48.1 Å². The smallest absolute Gasteiger partial charge is 0.343 e. The van der Waals surface area contributed by atoms with E-state index in [1.807, 2.05) is 0 Å². The van der Waals surface area contributed by atoms with Crippen LogP contribution < -0.4 is 32.1 Å². The molecular weight excluding hydrogens is 1010 g/mol. The third-order valence-electron chi connectivity index (χ3n) is 15.3. The van der Waals surface area contributed by atoms with E-state index in [2.05, 4.69) is 26.6 Å². The van der Waals surface area contributed by atoms with Gasteiger partial charge in [-0.25, -0.2) is 14.2 Å². The summed E-state index contributed by atoms with van der Waals surface area (Å²) in [6.07, 6.45) is 5.67. The van der Waals surface area contributed by atoms with Gasteiger partial charge in [0.1, 0.15) is 31.3 Å². The van der Waals surface area contributed by atoms with Crippen LogP contribution in [0.1, 0.15) is 110 Å². The average molecular weight is 1070 g/mol. The summed E-state index contributed by atoms with van der Waals surface area (Å²) in [5, 5.41) is 24.8. The molecule has 9 rings (SSSR count). The minimum absolute atomic E-state index is 0.0382. The number of amides is 7. The van der Waals surface area contributed by atoms with Gasteiger partial charge in [-0.15, -0.1) is 0 Å². The summed E-state index contributed by atoms with van der Waals surface area (Å²) in [5.41, 5.74) is 2.38. The highest BCUT2D eigenvalue weighted by Crippen LogP contribution is 2.48. The average Bonchev–Trinajstić information content (AvgIpc) is 4.32. The normalized spacial score (nSPS) is 18.6. The van der Waals surface area contributed by atoms with Crippen molar-refractivity contribution in [1.29, 1.82) is 0 Å². The number of aryl methyl sites for hydroxylation is 1. The third-order valence-corrected chi connectivity index (χ3v) is 15.3. The lowest BCUT2D eigenvalue weighted by molar-refractivity contribution is -0.172. The molecule has 5 heterocycles. The number of halogens is 1. The first kappa shape index (κ1) is 54.8. The van der Waals surface area contributed by atoms with Gasteiger partial charge in [-0.05, 0) is 92.0 Å². The fraction of sp³-hybridized carbons (Fsp3) is 0.446. The number of imide groups is 1. The minimum atomic E-state index is -2.04. The van der Waals surface area contributed by atoms with Crippen molar-refractivity contribution in [1.82, 2.24) is 41.0 Å². The summed E-state index contributed by atoms with van der Waals surface area (Å²) in [4.78, 5) is 135. The van der Waals surface area contributed by atoms with Crippen molar-refractivity contribution in [2.24, 2.45) is 5.92 Å². The fourth-order valence-corrected chi connectivity index (χ4v) is 10.9. The molecule has 2 aliphatic carbocycles. The first-order valence-corrected chi connectivity index (χ1v) is 26.4. The maximum absolute atomic E-state index is 15.5. The number of carbonyl (C=O) groups excluding carboxylic acids is 9. The van der Waals surface area contributed by atoms with Crippen LogP contribution in [0.4, 0.5) is 4.39 Å². The number of hydrogen-bond donors (Lipinski definition) is 6. The van der Waals surface area contributed by atoms with Crippen molar-refractivity contribution in [3.05, 3.63) is 110 Å². The Morgan fingerprint density at radius 3 is 2.29 bits per heavy atom. The molecule has 4 aromatic rings. The fourth-order valence-electron chi connectivity index (χ4n) is 10.9. The highest BCUT2D eigenvalue weighted by molar-refractivity contribution is 6.12. The van der Waals surface area contributed by atoms with Crippen LogP contribution >= 0.6 is 0 Å². The second-order valence-corrected chi connectivity index (χ2v) is 20.4. The Morgan fingerprint density at radius 1 is 0.859 bits per heavy atom. The molecule has 0 radical (unpaired) electrons. The molecule has 1 unspecified atom stereocenters. The molecule has 1 fully saturated rings. The van der Waals surface area contributed by atoms with Gasteiger partial charge in [0.05, 0.1) is 48.6 Å². The predicted octanol–water partition coefficient (Wildman–Crippen LogP) is 1.95. The Hall–Kier alpha value is -7.98. The molecule has 2 aromatic heterocycles. The Morgan fingerprint density at radius 2 is 1.56 bits per heavy atom. The van der Waals surface area contributed by atoms with Crippen LogP contribution in [0.5, 0.6) is 0 Å². The summed E-state index contributed by atoms with van der Waals surface area (Å²) in [5.74, 6) is -5.78. The zero-order chi connectivity index (χ0) is 55.4. The molecule has 7 amide bonds. The third kappa shape index (κ3) is 11.6. The Kier molecular flexibility index (Phi) is 16.4. The van der Waals surface area contributed by atoms with Gasteiger partial charge < -0.3 is 45.7 Å². The number of nitrogens with one attached hydrogen (secondary N) is 5. The second kappa shape index (κ2) is 23.3. The van der Waals surface area contributed by atoms with E-state index in [1.165, 1.54) is 22.8 Å². The molecule has 0 saturated heterocycles. The molecule has 5 aliphatic rings. The number of cyclic esters (lactones) is 1. The van der Waals surface area contributed by atoms with Crippen LogP contribution in [0.15, 0.2) is 59.4 Å². The van der Waals surface area contributed by atoms with Gasteiger partial charge in [0.2, 0.25) is 29.5 Å². The number of nitrogens with zero attached hydrogens (tertiary/aromatic N) is 3. The van der Waals surface area contributed by atoms with E-state index in [0.29, 0.717) is 65.7 Å². The Bertz CT molecular complexity index is 3210. The number of pyridine rings is 2. The number of aromatic nitrogens is 2. The van der Waals surface area contributed by atoms with Crippen molar-refractivity contribution in [2.45, 2.75) is 121 Å². The molecule has 3 aliphatic heterocycles. The molecule has 21 nitrogen and oxygen atoms in total. The molecule has 22 heteroatoms. The number of carbonyl (C=O) groups is 9. The van der Waals surface area contributed by atoms with E-state index < -0.39 is 84.3 Å². The molecule has 6 N–H and O–H groups in total. The van der Waals surface area contributed by atoms with Crippen molar-refractivity contribution < 1.29 is 62.1 Å². The second-order valence-electron chi connectivity index (χ2n) is 20.4. The summed E-state index contributed by atoms with van der Waals surface area (Å²) in [6, 6.07) is 10.6. The van der Waals surface area contributed by atoms with Crippen LogP contribution in [0.3, 0.4) is 0 Å². The highest BCUT2D eigenvalue weighted by Gasteiger charge is 2.46. The van der Waals surface area contributed by atoms with Gasteiger partial charge in [-0.1, -0.05) is 43.7 Å². The molecule has 0 bridgehead atoms. The van der Waals surface area contributed by atoms with Crippen molar-refractivity contribution in [3.63, 3.8) is 0 Å². The number of unbranched alkanes of at least 4 members (excludes halogenated alkanes) is 2. The van der Waals surface area contributed by atoms with E-state index in [0.717, 1.165) is 34.3 Å². The van der Waals surface area contributed by atoms with Crippen molar-refractivity contribution in [3.8, 4) is 11.4 Å². The first-order valence-electron chi connectivity index (χ1n) is 26.4. The standard InChI is InChI=1S/C56H61FN8O13/c1-3-56(76)37-22-41-51-35(27-65(41)54(74)36(37)28-77-55(56)75)49-33(15-16-34-30(2)38(57)23-39(63-51)50(34)49)21-42(66)52(32-13-14-32)78-29-61-45(69)25-60-53(73)40(20-31-10-6-4-7-11-31)62-46(70)26-59-44(68)24-58-43(67)12-8-5-9-19-64-47(71)17-18-48(64)72/h4,6-7,10-11,17-18,22-23,32-33,40,52,76H,3,5,8-9,12-16,19-21,24-29H2,1-2H3,(H,58,67)(H,59,68)(H,60,73)(H,61,69)(H,62,70)/t33-,40+,52?,56+/m1/s1.